The van der Waals surface area contributed by atoms with E-state index in [1.165, 1.54) is 28.7 Å². The third-order valence-electron chi connectivity index (χ3n) is 5.94. The molecule has 2 heterocycles. The maximum absolute atomic E-state index is 15.0. The van der Waals surface area contributed by atoms with Crippen LogP contribution in [0.5, 0.6) is 0 Å². The van der Waals surface area contributed by atoms with Crippen molar-refractivity contribution in [1.29, 1.82) is 5.26 Å². The summed E-state index contributed by atoms with van der Waals surface area (Å²) in [6.07, 6.45) is -3.36. The Bertz CT molecular complexity index is 1710. The number of amides is 1. The van der Waals surface area contributed by atoms with E-state index in [9.17, 15) is 23.2 Å². The first-order valence-electron chi connectivity index (χ1n) is 11.3. The Morgan fingerprint density at radius 1 is 1.05 bits per heavy atom. The van der Waals surface area contributed by atoms with E-state index in [1.807, 2.05) is 0 Å². The number of aromatic nitrogens is 4. The molecular formula is C27H18F4N6O. The molecule has 1 N–H and O–H groups in total. The summed E-state index contributed by atoms with van der Waals surface area (Å²) in [6.45, 7) is 0. The third kappa shape index (κ3) is 4.48. The molecule has 1 amide bonds. The summed E-state index contributed by atoms with van der Waals surface area (Å²) in [7, 11) is 1.53. The summed E-state index contributed by atoms with van der Waals surface area (Å²) >= 11 is 0. The smallest absolute Gasteiger partial charge is 0.306 e. The summed E-state index contributed by atoms with van der Waals surface area (Å²) in [6, 6.07) is 18.5. The van der Waals surface area contributed by atoms with E-state index in [1.54, 1.807) is 48.5 Å². The fraction of sp³-hybridized carbons (Fsp3) is 0.111. The quantitative estimate of drug-likeness (QED) is 0.293. The minimum absolute atomic E-state index is 0.0604. The van der Waals surface area contributed by atoms with Gasteiger partial charge >= 0.3 is 6.18 Å². The molecule has 3 aromatic carbocycles. The fourth-order valence-corrected chi connectivity index (χ4v) is 4.20. The molecule has 2 aromatic heterocycles. The van der Waals surface area contributed by atoms with Gasteiger partial charge in [-0.25, -0.2) is 9.07 Å². The predicted molar refractivity (Wildman–Crippen MR) is 132 cm³/mol. The molecular weight excluding hydrogens is 500 g/mol. The number of rotatable bonds is 5. The minimum atomic E-state index is -4.87. The lowest BCUT2D eigenvalue weighted by atomic mass is 9.99. The Hall–Kier alpha value is -4.98. The van der Waals surface area contributed by atoms with Crippen molar-refractivity contribution in [2.45, 2.75) is 12.6 Å². The fourth-order valence-electron chi connectivity index (χ4n) is 4.20. The van der Waals surface area contributed by atoms with Gasteiger partial charge in [-0.3, -0.25) is 9.48 Å². The summed E-state index contributed by atoms with van der Waals surface area (Å²) < 4.78 is 59.0. The first-order chi connectivity index (χ1) is 18.2. The normalized spacial score (nSPS) is 11.5. The van der Waals surface area contributed by atoms with E-state index in [-0.39, 0.29) is 17.9 Å². The molecule has 7 nitrogen and oxygen atoms in total. The molecule has 0 aliphatic rings. The van der Waals surface area contributed by atoms with Gasteiger partial charge in [-0.2, -0.15) is 28.6 Å². The molecule has 0 spiro atoms. The number of anilines is 1. The van der Waals surface area contributed by atoms with Crippen molar-refractivity contribution in [3.8, 4) is 23.0 Å². The highest BCUT2D eigenvalue weighted by molar-refractivity contribution is 6.09. The molecule has 0 fully saturated rings. The van der Waals surface area contributed by atoms with Crippen LogP contribution in [0.3, 0.4) is 0 Å². The van der Waals surface area contributed by atoms with Gasteiger partial charge in [-0.1, -0.05) is 30.3 Å². The van der Waals surface area contributed by atoms with Crippen LogP contribution in [0, 0.1) is 17.1 Å². The Morgan fingerprint density at radius 2 is 1.82 bits per heavy atom. The van der Waals surface area contributed by atoms with Crippen molar-refractivity contribution in [2.75, 3.05) is 5.32 Å². The van der Waals surface area contributed by atoms with Crippen LogP contribution >= 0.6 is 0 Å². The molecule has 0 aliphatic carbocycles. The summed E-state index contributed by atoms with van der Waals surface area (Å²) in [5.74, 6) is -2.14. The van der Waals surface area contributed by atoms with Crippen molar-refractivity contribution in [1.82, 2.24) is 19.6 Å². The van der Waals surface area contributed by atoms with Crippen molar-refractivity contribution < 1.29 is 22.4 Å². The molecule has 0 saturated heterocycles. The van der Waals surface area contributed by atoms with Gasteiger partial charge in [-0.15, -0.1) is 0 Å². The lowest BCUT2D eigenvalue weighted by Gasteiger charge is -2.15. The highest BCUT2D eigenvalue weighted by atomic mass is 19.4. The van der Waals surface area contributed by atoms with Crippen LogP contribution in [-0.2, 0) is 19.6 Å². The SMILES string of the molecule is Cn1ccc(-c2cc(C(=O)Nc3c4cccc(CC#N)c4nn3-c3ccccc3)c(F)cc2C(F)(F)F)n1. The molecule has 5 aromatic rings. The topological polar surface area (TPSA) is 88.5 Å². The van der Waals surface area contributed by atoms with E-state index in [4.69, 9.17) is 0 Å². The summed E-state index contributed by atoms with van der Waals surface area (Å²) in [4.78, 5) is 13.4. The monoisotopic (exact) mass is 518 g/mol. The minimum Gasteiger partial charge on any atom is -0.306 e. The van der Waals surface area contributed by atoms with E-state index in [0.717, 1.165) is 6.07 Å². The Balaban J connectivity index is 1.65. The van der Waals surface area contributed by atoms with Gasteiger partial charge in [0.1, 0.15) is 11.6 Å². The number of hydrogen-bond acceptors (Lipinski definition) is 4. The number of aryl methyl sites for hydroxylation is 1. The van der Waals surface area contributed by atoms with Gasteiger partial charge in [-0.05, 0) is 42.0 Å². The number of para-hydroxylation sites is 1. The van der Waals surface area contributed by atoms with Gasteiger partial charge in [0, 0.05) is 24.2 Å². The number of hydrogen-bond donors (Lipinski definition) is 1. The van der Waals surface area contributed by atoms with Crippen LogP contribution in [0.15, 0.2) is 72.9 Å². The highest BCUT2D eigenvalue weighted by Gasteiger charge is 2.36. The molecule has 0 unspecified atom stereocenters. The van der Waals surface area contributed by atoms with Crippen molar-refractivity contribution in [3.63, 3.8) is 0 Å². The Morgan fingerprint density at radius 3 is 2.47 bits per heavy atom. The van der Waals surface area contributed by atoms with Crippen molar-refractivity contribution >= 4 is 22.6 Å². The summed E-state index contributed by atoms with van der Waals surface area (Å²) in [5.41, 5.74) is -0.684. The molecule has 0 bridgehead atoms. The van der Waals surface area contributed by atoms with Gasteiger partial charge in [0.25, 0.3) is 5.91 Å². The predicted octanol–water partition coefficient (Wildman–Crippen LogP) is 5.90. The number of nitriles is 1. The zero-order valence-corrected chi connectivity index (χ0v) is 19.8. The molecule has 5 rings (SSSR count). The van der Waals surface area contributed by atoms with E-state index >= 15 is 4.39 Å². The molecule has 11 heteroatoms. The molecule has 190 valence electrons. The van der Waals surface area contributed by atoms with Crippen molar-refractivity contribution in [3.05, 3.63) is 95.4 Å². The second-order valence-electron chi connectivity index (χ2n) is 8.45. The second-order valence-corrected chi connectivity index (χ2v) is 8.45. The van der Waals surface area contributed by atoms with Gasteiger partial charge in [0.2, 0.25) is 0 Å². The van der Waals surface area contributed by atoms with Crippen molar-refractivity contribution in [2.24, 2.45) is 7.05 Å². The number of carbonyl (C=O) groups is 1. The first-order valence-corrected chi connectivity index (χ1v) is 11.3. The average Bonchev–Trinajstić information content (AvgIpc) is 3.48. The maximum Gasteiger partial charge on any atom is 0.417 e. The number of benzene rings is 3. The Labute approximate surface area is 213 Å². The van der Waals surface area contributed by atoms with Gasteiger partial charge in [0.05, 0.1) is 40.5 Å². The lowest BCUT2D eigenvalue weighted by Crippen LogP contribution is -2.18. The van der Waals surface area contributed by atoms with Crippen LogP contribution in [0.1, 0.15) is 21.5 Å². The lowest BCUT2D eigenvalue weighted by molar-refractivity contribution is -0.137. The number of alkyl halides is 3. The van der Waals surface area contributed by atoms with Crippen LogP contribution in [-0.4, -0.2) is 25.5 Å². The van der Waals surface area contributed by atoms with Crippen LogP contribution in [0.2, 0.25) is 0 Å². The third-order valence-corrected chi connectivity index (χ3v) is 5.94. The standard InChI is InChI=1S/C27H18F4N6O/c1-36-13-11-23(34-36)19-14-20(22(28)15-21(19)27(29,30)31)26(38)33-25-18-9-5-6-16(10-12-32)24(18)35-37(25)17-7-3-2-4-8-17/h2-9,11,13-15H,10H2,1H3,(H,33,38). The molecule has 0 radical (unpaired) electrons. The summed E-state index contributed by atoms with van der Waals surface area (Å²) in [5, 5.41) is 20.9. The van der Waals surface area contributed by atoms with Crippen LogP contribution in [0.25, 0.3) is 27.8 Å². The van der Waals surface area contributed by atoms with E-state index < -0.39 is 34.6 Å². The molecule has 0 atom stereocenters. The molecule has 0 saturated carbocycles. The number of fused-ring (bicyclic) bond motifs is 1. The average molecular weight is 518 g/mol. The highest BCUT2D eigenvalue weighted by Crippen LogP contribution is 2.38. The Kier molecular flexibility index (Phi) is 6.16. The zero-order chi connectivity index (χ0) is 27.0. The maximum atomic E-state index is 15.0. The number of carbonyl (C=O) groups excluding carboxylic acids is 1. The second kappa shape index (κ2) is 9.48. The zero-order valence-electron chi connectivity index (χ0n) is 19.8. The van der Waals surface area contributed by atoms with Gasteiger partial charge < -0.3 is 5.32 Å². The number of nitrogens with one attached hydrogen (secondary N) is 1. The number of nitrogens with zero attached hydrogens (tertiary/aromatic N) is 5. The van der Waals surface area contributed by atoms with E-state index in [2.05, 4.69) is 21.6 Å². The van der Waals surface area contributed by atoms with Crippen LogP contribution in [0.4, 0.5) is 23.4 Å². The molecule has 0 aliphatic heterocycles. The van der Waals surface area contributed by atoms with Gasteiger partial charge in [0.15, 0.2) is 0 Å². The number of halogens is 4. The molecule has 38 heavy (non-hydrogen) atoms. The van der Waals surface area contributed by atoms with Crippen LogP contribution < -0.4 is 5.32 Å². The largest absolute Gasteiger partial charge is 0.417 e. The first kappa shape index (κ1) is 24.7. The van der Waals surface area contributed by atoms with E-state index in [0.29, 0.717) is 28.2 Å².